The Kier molecular flexibility index (Phi) is 5.23. The van der Waals surface area contributed by atoms with E-state index in [4.69, 9.17) is 14.5 Å². The maximum absolute atomic E-state index is 12.4. The SMILES string of the molecule is Cc1cc(-n2c(C)cc(/C=C/C(=O)c3ccc(OCC#N)cc3)c2C)no1. The van der Waals surface area contributed by atoms with Gasteiger partial charge in [-0.25, -0.2) is 0 Å². The van der Waals surface area contributed by atoms with E-state index in [0.29, 0.717) is 11.3 Å². The largest absolute Gasteiger partial charge is 0.479 e. The second-order valence-electron chi connectivity index (χ2n) is 6.13. The first kappa shape index (κ1) is 18.2. The molecule has 3 aromatic rings. The second kappa shape index (κ2) is 7.75. The lowest BCUT2D eigenvalue weighted by molar-refractivity contribution is 0.104. The Morgan fingerprint density at radius 1 is 1.26 bits per heavy atom. The summed E-state index contributed by atoms with van der Waals surface area (Å²) in [7, 11) is 0. The third kappa shape index (κ3) is 3.98. The fourth-order valence-corrected chi connectivity index (χ4v) is 2.86. The van der Waals surface area contributed by atoms with Crippen LogP contribution in [0.15, 0.2) is 47.0 Å². The van der Waals surface area contributed by atoms with Crippen LogP contribution >= 0.6 is 0 Å². The van der Waals surface area contributed by atoms with Gasteiger partial charge >= 0.3 is 0 Å². The molecule has 136 valence electrons. The number of nitriles is 1. The van der Waals surface area contributed by atoms with Crippen LogP contribution in [0.2, 0.25) is 0 Å². The molecule has 6 nitrogen and oxygen atoms in total. The molecule has 2 aromatic heterocycles. The van der Waals surface area contributed by atoms with Crippen LogP contribution in [0.4, 0.5) is 0 Å². The Balaban J connectivity index is 1.78. The molecule has 1 aromatic carbocycles. The molecule has 0 bridgehead atoms. The van der Waals surface area contributed by atoms with E-state index >= 15 is 0 Å². The molecule has 6 heteroatoms. The molecule has 0 aliphatic rings. The van der Waals surface area contributed by atoms with Crippen molar-refractivity contribution in [3.8, 4) is 17.6 Å². The molecule has 0 N–H and O–H groups in total. The highest BCUT2D eigenvalue weighted by atomic mass is 16.5. The number of ketones is 1. The van der Waals surface area contributed by atoms with Gasteiger partial charge in [0.2, 0.25) is 0 Å². The monoisotopic (exact) mass is 361 g/mol. The minimum atomic E-state index is -0.107. The molecule has 0 spiro atoms. The average Bonchev–Trinajstić information content (AvgIpc) is 3.20. The summed E-state index contributed by atoms with van der Waals surface area (Å²) in [5.74, 6) is 1.92. The highest BCUT2D eigenvalue weighted by Gasteiger charge is 2.12. The van der Waals surface area contributed by atoms with Gasteiger partial charge in [0.1, 0.15) is 17.6 Å². The molecular weight excluding hydrogens is 342 g/mol. The maximum Gasteiger partial charge on any atom is 0.185 e. The van der Waals surface area contributed by atoms with E-state index in [1.165, 1.54) is 0 Å². The minimum absolute atomic E-state index is 0.0200. The molecule has 27 heavy (non-hydrogen) atoms. The quantitative estimate of drug-likeness (QED) is 0.486. The summed E-state index contributed by atoms with van der Waals surface area (Å²) in [6, 6.07) is 12.5. The molecule has 0 saturated heterocycles. The Labute approximate surface area is 157 Å². The van der Waals surface area contributed by atoms with Crippen LogP contribution in [-0.2, 0) is 0 Å². The first-order chi connectivity index (χ1) is 13.0. The van der Waals surface area contributed by atoms with Crippen LogP contribution in [-0.4, -0.2) is 22.1 Å². The lowest BCUT2D eigenvalue weighted by atomic mass is 10.1. The lowest BCUT2D eigenvalue weighted by Gasteiger charge is -2.04. The van der Waals surface area contributed by atoms with E-state index in [2.05, 4.69) is 5.16 Å². The van der Waals surface area contributed by atoms with Crippen LogP contribution in [0.25, 0.3) is 11.9 Å². The number of aromatic nitrogens is 2. The smallest absolute Gasteiger partial charge is 0.185 e. The number of rotatable bonds is 6. The normalized spacial score (nSPS) is 10.9. The van der Waals surface area contributed by atoms with Crippen LogP contribution < -0.4 is 4.74 Å². The maximum atomic E-state index is 12.4. The average molecular weight is 361 g/mol. The van der Waals surface area contributed by atoms with Gasteiger partial charge in [-0.15, -0.1) is 0 Å². The van der Waals surface area contributed by atoms with E-state index in [9.17, 15) is 4.79 Å². The Bertz CT molecular complexity index is 1030. The van der Waals surface area contributed by atoms with Crippen molar-refractivity contribution < 1.29 is 14.1 Å². The van der Waals surface area contributed by atoms with Gasteiger partial charge in [0, 0.05) is 23.0 Å². The zero-order chi connectivity index (χ0) is 19.4. The third-order valence-corrected chi connectivity index (χ3v) is 4.17. The van der Waals surface area contributed by atoms with Gasteiger partial charge in [-0.1, -0.05) is 5.16 Å². The molecule has 0 fully saturated rings. The van der Waals surface area contributed by atoms with E-state index in [1.54, 1.807) is 36.4 Å². The number of allylic oxidation sites excluding steroid dienone is 1. The van der Waals surface area contributed by atoms with Crippen LogP contribution in [0.3, 0.4) is 0 Å². The van der Waals surface area contributed by atoms with Gasteiger partial charge in [0.15, 0.2) is 18.2 Å². The molecule has 0 aliphatic carbocycles. The zero-order valence-electron chi connectivity index (χ0n) is 15.4. The molecule has 0 amide bonds. The van der Waals surface area contributed by atoms with Gasteiger partial charge in [-0.05, 0) is 68.8 Å². The number of hydrogen-bond donors (Lipinski definition) is 0. The Hall–Kier alpha value is -3.59. The summed E-state index contributed by atoms with van der Waals surface area (Å²) < 4.78 is 12.3. The van der Waals surface area contributed by atoms with E-state index in [0.717, 1.165) is 28.5 Å². The summed E-state index contributed by atoms with van der Waals surface area (Å²) in [4.78, 5) is 12.4. The molecule has 3 rings (SSSR count). The third-order valence-electron chi connectivity index (χ3n) is 4.17. The van der Waals surface area contributed by atoms with Gasteiger partial charge in [-0.2, -0.15) is 5.26 Å². The molecule has 0 radical (unpaired) electrons. The number of carbonyl (C=O) groups excluding carboxylic acids is 1. The van der Waals surface area contributed by atoms with Crippen molar-refractivity contribution in [2.24, 2.45) is 0 Å². The summed E-state index contributed by atoms with van der Waals surface area (Å²) >= 11 is 0. The molecule has 0 atom stereocenters. The van der Waals surface area contributed by atoms with E-state index < -0.39 is 0 Å². The van der Waals surface area contributed by atoms with E-state index in [1.807, 2.05) is 43.5 Å². The first-order valence-corrected chi connectivity index (χ1v) is 8.44. The van der Waals surface area contributed by atoms with Crippen molar-refractivity contribution in [2.75, 3.05) is 6.61 Å². The molecule has 2 heterocycles. The summed E-state index contributed by atoms with van der Waals surface area (Å²) in [5.41, 5.74) is 3.48. The topological polar surface area (TPSA) is 81.0 Å². The van der Waals surface area contributed by atoms with Crippen LogP contribution in [0.1, 0.15) is 33.1 Å². The standard InChI is InChI=1S/C21H19N3O3/c1-14-12-18(16(3)24(14)21-13-15(2)27-23-21)6-9-20(25)17-4-7-19(8-5-17)26-11-10-22/h4-9,12-13H,11H2,1-3H3/b9-6+. The van der Waals surface area contributed by atoms with Crippen molar-refractivity contribution in [1.29, 1.82) is 5.26 Å². The first-order valence-electron chi connectivity index (χ1n) is 8.44. The highest BCUT2D eigenvalue weighted by Crippen LogP contribution is 2.22. The van der Waals surface area contributed by atoms with Crippen molar-refractivity contribution in [3.63, 3.8) is 0 Å². The second-order valence-corrected chi connectivity index (χ2v) is 6.13. The van der Waals surface area contributed by atoms with E-state index in [-0.39, 0.29) is 12.4 Å². The number of nitrogens with zero attached hydrogens (tertiary/aromatic N) is 3. The number of carbonyl (C=O) groups is 1. The van der Waals surface area contributed by atoms with Crippen molar-refractivity contribution in [3.05, 3.63) is 70.7 Å². The molecule has 0 aliphatic heterocycles. The van der Waals surface area contributed by atoms with Crippen molar-refractivity contribution >= 4 is 11.9 Å². The predicted molar refractivity (Wildman–Crippen MR) is 101 cm³/mol. The Morgan fingerprint density at radius 3 is 2.63 bits per heavy atom. The highest BCUT2D eigenvalue weighted by molar-refractivity contribution is 6.06. The number of hydrogen-bond acceptors (Lipinski definition) is 5. The number of benzene rings is 1. The molecular formula is C21H19N3O3. The van der Waals surface area contributed by atoms with Crippen LogP contribution in [0, 0.1) is 32.1 Å². The van der Waals surface area contributed by atoms with Crippen LogP contribution in [0.5, 0.6) is 5.75 Å². The van der Waals surface area contributed by atoms with Crippen molar-refractivity contribution in [1.82, 2.24) is 9.72 Å². The number of ether oxygens (including phenoxy) is 1. The summed E-state index contributed by atoms with van der Waals surface area (Å²) in [6.07, 6.45) is 3.35. The predicted octanol–water partition coefficient (Wildman–Crippen LogP) is 4.19. The van der Waals surface area contributed by atoms with Crippen molar-refractivity contribution in [2.45, 2.75) is 20.8 Å². The Morgan fingerprint density at radius 2 is 2.00 bits per heavy atom. The van der Waals surface area contributed by atoms with Gasteiger partial charge in [-0.3, -0.25) is 9.36 Å². The summed E-state index contributed by atoms with van der Waals surface area (Å²) in [5, 5.41) is 12.6. The fraction of sp³-hybridized carbons (Fsp3) is 0.190. The molecule has 0 unspecified atom stereocenters. The van der Waals surface area contributed by atoms with Gasteiger partial charge in [0.25, 0.3) is 0 Å². The minimum Gasteiger partial charge on any atom is -0.479 e. The number of aryl methyl sites for hydroxylation is 2. The molecule has 0 saturated carbocycles. The summed E-state index contributed by atoms with van der Waals surface area (Å²) in [6.45, 7) is 5.78. The lowest BCUT2D eigenvalue weighted by Crippen LogP contribution is -1.99. The van der Waals surface area contributed by atoms with Gasteiger partial charge < -0.3 is 9.26 Å². The van der Waals surface area contributed by atoms with Gasteiger partial charge in [0.05, 0.1) is 0 Å². The zero-order valence-corrected chi connectivity index (χ0v) is 15.4. The fourth-order valence-electron chi connectivity index (χ4n) is 2.86.